The van der Waals surface area contributed by atoms with E-state index in [1.807, 2.05) is 42.5 Å². The molecular formula is C13H10N2. The van der Waals surface area contributed by atoms with Crippen molar-refractivity contribution in [1.82, 2.24) is 0 Å². The second-order valence-electron chi connectivity index (χ2n) is 3.24. The minimum atomic E-state index is 0.524. The minimum absolute atomic E-state index is 0.524. The Hall–Kier alpha value is -2.27. The van der Waals surface area contributed by atoms with E-state index in [9.17, 15) is 0 Å². The zero-order chi connectivity index (χ0) is 10.7. The van der Waals surface area contributed by atoms with E-state index in [2.05, 4.69) is 6.07 Å². The van der Waals surface area contributed by atoms with Crippen LogP contribution >= 0.6 is 0 Å². The molecule has 2 N–H and O–H groups in total. The third-order valence-electron chi connectivity index (χ3n) is 2.31. The van der Waals surface area contributed by atoms with Crippen LogP contribution < -0.4 is 5.73 Å². The highest BCUT2D eigenvalue weighted by molar-refractivity contribution is 5.80. The van der Waals surface area contributed by atoms with Gasteiger partial charge >= 0.3 is 0 Å². The molecule has 0 atom stereocenters. The van der Waals surface area contributed by atoms with Gasteiger partial charge in [0, 0.05) is 5.56 Å². The van der Waals surface area contributed by atoms with Crippen LogP contribution in [0.3, 0.4) is 0 Å². The minimum Gasteiger partial charge on any atom is -0.397 e. The van der Waals surface area contributed by atoms with Crippen molar-refractivity contribution < 1.29 is 0 Å². The van der Waals surface area contributed by atoms with Crippen molar-refractivity contribution in [1.29, 1.82) is 5.26 Å². The molecule has 2 heteroatoms. The molecular weight excluding hydrogens is 184 g/mol. The van der Waals surface area contributed by atoms with Gasteiger partial charge in [-0.3, -0.25) is 0 Å². The summed E-state index contributed by atoms with van der Waals surface area (Å²) in [6, 6.07) is 17.4. The van der Waals surface area contributed by atoms with Crippen molar-refractivity contribution in [3.63, 3.8) is 0 Å². The largest absolute Gasteiger partial charge is 0.397 e. The highest BCUT2D eigenvalue weighted by atomic mass is 14.6. The first-order valence-electron chi connectivity index (χ1n) is 4.67. The first-order valence-corrected chi connectivity index (χ1v) is 4.67. The zero-order valence-corrected chi connectivity index (χ0v) is 8.14. The molecule has 2 aromatic rings. The van der Waals surface area contributed by atoms with Crippen LogP contribution in [0.15, 0.2) is 48.5 Å². The molecule has 0 saturated heterocycles. The Bertz CT molecular complexity index is 510. The number of anilines is 1. The molecule has 0 saturated carbocycles. The van der Waals surface area contributed by atoms with Gasteiger partial charge in [0.1, 0.15) is 6.07 Å². The molecule has 2 rings (SSSR count). The maximum Gasteiger partial charge on any atom is 0.101 e. The average molecular weight is 194 g/mol. The summed E-state index contributed by atoms with van der Waals surface area (Å²) in [4.78, 5) is 0. The Labute approximate surface area is 88.6 Å². The number of nitrogens with zero attached hydrogens (tertiary/aromatic N) is 1. The lowest BCUT2D eigenvalue weighted by atomic mass is 10.0. The number of rotatable bonds is 1. The third kappa shape index (κ3) is 1.68. The fourth-order valence-corrected chi connectivity index (χ4v) is 1.53. The van der Waals surface area contributed by atoms with Gasteiger partial charge in [0.15, 0.2) is 0 Å². The summed E-state index contributed by atoms with van der Waals surface area (Å²) in [5, 5.41) is 8.86. The van der Waals surface area contributed by atoms with Crippen LogP contribution in [0.5, 0.6) is 0 Å². The van der Waals surface area contributed by atoms with Crippen molar-refractivity contribution in [3.05, 3.63) is 54.1 Å². The molecule has 2 aromatic carbocycles. The van der Waals surface area contributed by atoms with E-state index >= 15 is 0 Å². The Morgan fingerprint density at radius 2 is 1.67 bits per heavy atom. The predicted octanol–water partition coefficient (Wildman–Crippen LogP) is 2.81. The number of hydrogen-bond acceptors (Lipinski definition) is 2. The summed E-state index contributed by atoms with van der Waals surface area (Å²) in [6.07, 6.45) is 0. The first kappa shape index (κ1) is 9.29. The number of hydrogen-bond donors (Lipinski definition) is 1. The Kier molecular flexibility index (Phi) is 2.38. The van der Waals surface area contributed by atoms with Gasteiger partial charge in [-0.15, -0.1) is 0 Å². The molecule has 0 aliphatic heterocycles. The molecule has 72 valence electrons. The number of nitrogens with two attached hydrogens (primary N) is 1. The standard InChI is InChI=1S/C13H10N2/c14-9-11-7-4-8-12(13(11)15)10-5-2-1-3-6-10/h1-8H,15H2. The molecule has 0 aliphatic carbocycles. The third-order valence-corrected chi connectivity index (χ3v) is 2.31. The molecule has 0 heterocycles. The van der Waals surface area contributed by atoms with E-state index in [0.29, 0.717) is 11.3 Å². The van der Waals surface area contributed by atoms with Crippen LogP contribution in [-0.4, -0.2) is 0 Å². The first-order chi connectivity index (χ1) is 7.33. The SMILES string of the molecule is N#Cc1cccc(-c2ccccc2)c1N. The van der Waals surface area contributed by atoms with Crippen molar-refractivity contribution in [2.45, 2.75) is 0 Å². The second kappa shape index (κ2) is 3.85. The van der Waals surface area contributed by atoms with Crippen LogP contribution in [0.2, 0.25) is 0 Å². The maximum atomic E-state index is 8.86. The Morgan fingerprint density at radius 1 is 0.933 bits per heavy atom. The fraction of sp³-hybridized carbons (Fsp3) is 0. The molecule has 0 bridgehead atoms. The smallest absolute Gasteiger partial charge is 0.101 e. The lowest BCUT2D eigenvalue weighted by Gasteiger charge is -2.06. The van der Waals surface area contributed by atoms with E-state index < -0.39 is 0 Å². The van der Waals surface area contributed by atoms with Crippen molar-refractivity contribution >= 4 is 5.69 Å². The number of benzene rings is 2. The maximum absolute atomic E-state index is 8.86. The molecule has 0 spiro atoms. The molecule has 0 radical (unpaired) electrons. The van der Waals surface area contributed by atoms with Gasteiger partial charge in [-0.25, -0.2) is 0 Å². The summed E-state index contributed by atoms with van der Waals surface area (Å²) < 4.78 is 0. The predicted molar refractivity (Wildman–Crippen MR) is 61.0 cm³/mol. The van der Waals surface area contributed by atoms with E-state index in [1.165, 1.54) is 0 Å². The van der Waals surface area contributed by atoms with E-state index in [4.69, 9.17) is 11.0 Å². The van der Waals surface area contributed by atoms with Crippen LogP contribution in [0.25, 0.3) is 11.1 Å². The molecule has 0 amide bonds. The average Bonchev–Trinajstić information content (AvgIpc) is 2.30. The van der Waals surface area contributed by atoms with E-state index in [-0.39, 0.29) is 0 Å². The molecule has 0 aliphatic rings. The van der Waals surface area contributed by atoms with Crippen LogP contribution in [0.4, 0.5) is 5.69 Å². The van der Waals surface area contributed by atoms with Crippen LogP contribution in [0.1, 0.15) is 5.56 Å². The number of nitriles is 1. The molecule has 0 fully saturated rings. The Balaban J connectivity index is 2.61. The van der Waals surface area contributed by atoms with E-state index in [0.717, 1.165) is 11.1 Å². The summed E-state index contributed by atoms with van der Waals surface area (Å²) in [7, 11) is 0. The molecule has 0 unspecified atom stereocenters. The lowest BCUT2D eigenvalue weighted by Crippen LogP contribution is -1.93. The molecule has 0 aromatic heterocycles. The molecule has 2 nitrogen and oxygen atoms in total. The van der Waals surface area contributed by atoms with Gasteiger partial charge in [-0.1, -0.05) is 42.5 Å². The van der Waals surface area contributed by atoms with Crippen molar-refractivity contribution in [2.24, 2.45) is 0 Å². The van der Waals surface area contributed by atoms with Crippen LogP contribution in [0, 0.1) is 11.3 Å². The highest BCUT2D eigenvalue weighted by Crippen LogP contribution is 2.27. The number of para-hydroxylation sites is 1. The summed E-state index contributed by atoms with van der Waals surface area (Å²) in [5.41, 5.74) is 8.92. The highest BCUT2D eigenvalue weighted by Gasteiger charge is 2.05. The summed E-state index contributed by atoms with van der Waals surface area (Å²) >= 11 is 0. The second-order valence-corrected chi connectivity index (χ2v) is 3.24. The lowest BCUT2D eigenvalue weighted by molar-refractivity contribution is 1.48. The summed E-state index contributed by atoms with van der Waals surface area (Å²) in [6.45, 7) is 0. The van der Waals surface area contributed by atoms with Gasteiger partial charge in [-0.05, 0) is 11.6 Å². The van der Waals surface area contributed by atoms with E-state index in [1.54, 1.807) is 6.07 Å². The fourth-order valence-electron chi connectivity index (χ4n) is 1.53. The van der Waals surface area contributed by atoms with Crippen LogP contribution in [-0.2, 0) is 0 Å². The normalized spacial score (nSPS) is 9.53. The van der Waals surface area contributed by atoms with Gasteiger partial charge < -0.3 is 5.73 Å². The summed E-state index contributed by atoms with van der Waals surface area (Å²) in [5.74, 6) is 0. The zero-order valence-electron chi connectivity index (χ0n) is 8.14. The monoisotopic (exact) mass is 194 g/mol. The van der Waals surface area contributed by atoms with Crippen molar-refractivity contribution in [2.75, 3.05) is 5.73 Å². The van der Waals surface area contributed by atoms with Gasteiger partial charge in [0.05, 0.1) is 11.3 Å². The van der Waals surface area contributed by atoms with Crippen molar-refractivity contribution in [3.8, 4) is 17.2 Å². The molecule has 15 heavy (non-hydrogen) atoms. The van der Waals surface area contributed by atoms with Gasteiger partial charge in [0.2, 0.25) is 0 Å². The quantitative estimate of drug-likeness (QED) is 0.709. The number of nitrogen functional groups attached to an aromatic ring is 1. The Morgan fingerprint density at radius 3 is 2.33 bits per heavy atom. The van der Waals surface area contributed by atoms with Gasteiger partial charge in [-0.2, -0.15) is 5.26 Å². The van der Waals surface area contributed by atoms with Gasteiger partial charge in [0.25, 0.3) is 0 Å². The topological polar surface area (TPSA) is 49.8 Å².